The van der Waals surface area contributed by atoms with E-state index in [1.54, 1.807) is 4.90 Å². The molecule has 0 fully saturated rings. The summed E-state index contributed by atoms with van der Waals surface area (Å²) in [5.41, 5.74) is 3.00. The predicted octanol–water partition coefficient (Wildman–Crippen LogP) is 4.86. The van der Waals surface area contributed by atoms with E-state index in [1.807, 2.05) is 103 Å². The molecule has 0 aliphatic carbocycles. The molecule has 0 bridgehead atoms. The highest BCUT2D eigenvalue weighted by molar-refractivity contribution is 5.86. The Morgan fingerprint density at radius 2 is 1.51 bits per heavy atom. The van der Waals surface area contributed by atoms with E-state index < -0.39 is 12.0 Å². The fourth-order valence-electron chi connectivity index (χ4n) is 5.36. The summed E-state index contributed by atoms with van der Waals surface area (Å²) in [7, 11) is 0. The first-order valence-electron chi connectivity index (χ1n) is 15.7. The second-order valence-electron chi connectivity index (χ2n) is 11.4. The monoisotopic (exact) mass is 612 g/mol. The zero-order valence-corrected chi connectivity index (χ0v) is 25.8. The number of ether oxygens (including phenoxy) is 2. The molecule has 0 aromatic heterocycles. The van der Waals surface area contributed by atoms with Gasteiger partial charge in [-0.3, -0.25) is 14.4 Å². The number of hydrogen-bond acceptors (Lipinski definition) is 6. The Balaban J connectivity index is 1.48. The molecule has 4 rings (SSSR count). The van der Waals surface area contributed by atoms with E-state index in [9.17, 15) is 19.5 Å². The van der Waals surface area contributed by atoms with E-state index in [-0.39, 0.29) is 56.5 Å². The summed E-state index contributed by atoms with van der Waals surface area (Å²) in [6.07, 6.45) is 6.06. The number of allylic oxidation sites excluding steroid dienone is 2. The zero-order valence-electron chi connectivity index (χ0n) is 25.8. The largest absolute Gasteiger partial charge is 0.463 e. The number of aliphatic hydroxyl groups is 1. The Labute approximate surface area is 266 Å². The van der Waals surface area contributed by atoms with Crippen molar-refractivity contribution in [2.24, 2.45) is 11.8 Å². The van der Waals surface area contributed by atoms with Crippen molar-refractivity contribution in [2.75, 3.05) is 26.4 Å². The number of nitrogens with one attached hydrogen (secondary N) is 1. The summed E-state index contributed by atoms with van der Waals surface area (Å²) in [6.45, 7) is 0.789. The van der Waals surface area contributed by atoms with Crippen molar-refractivity contribution < 1.29 is 29.0 Å². The van der Waals surface area contributed by atoms with Crippen molar-refractivity contribution in [3.05, 3.63) is 120 Å². The molecule has 0 radical (unpaired) electrons. The number of hydrogen-bond donors (Lipinski definition) is 2. The molecule has 2 N–H and O–H groups in total. The Kier molecular flexibility index (Phi) is 13.8. The molecule has 45 heavy (non-hydrogen) atoms. The van der Waals surface area contributed by atoms with Crippen molar-refractivity contribution in [1.82, 2.24) is 10.2 Å². The van der Waals surface area contributed by atoms with E-state index in [4.69, 9.17) is 9.47 Å². The van der Waals surface area contributed by atoms with E-state index in [0.29, 0.717) is 38.8 Å². The molecule has 1 heterocycles. The third kappa shape index (κ3) is 11.6. The van der Waals surface area contributed by atoms with Gasteiger partial charge in [0.15, 0.2) is 0 Å². The zero-order chi connectivity index (χ0) is 31.7. The molecule has 0 saturated heterocycles. The van der Waals surface area contributed by atoms with E-state index >= 15 is 0 Å². The van der Waals surface area contributed by atoms with E-state index in [1.165, 1.54) is 0 Å². The number of cyclic esters (lactones) is 1. The van der Waals surface area contributed by atoms with Crippen molar-refractivity contribution in [2.45, 2.75) is 51.3 Å². The van der Waals surface area contributed by atoms with Crippen LogP contribution in [0.3, 0.4) is 0 Å². The maximum Gasteiger partial charge on any atom is 0.309 e. The lowest BCUT2D eigenvalue weighted by molar-refractivity contribution is -0.150. The highest BCUT2D eigenvalue weighted by Gasteiger charge is 2.28. The number of amides is 2. The highest BCUT2D eigenvalue weighted by atomic mass is 16.5. The Morgan fingerprint density at radius 3 is 2.18 bits per heavy atom. The molecule has 3 atom stereocenters. The van der Waals surface area contributed by atoms with Gasteiger partial charge in [-0.15, -0.1) is 0 Å². The van der Waals surface area contributed by atoms with E-state index in [0.717, 1.165) is 16.7 Å². The molecule has 0 saturated carbocycles. The quantitative estimate of drug-likeness (QED) is 0.224. The van der Waals surface area contributed by atoms with Crippen molar-refractivity contribution >= 4 is 17.8 Å². The van der Waals surface area contributed by atoms with Crippen LogP contribution in [0.4, 0.5) is 0 Å². The fraction of sp³-hybridized carbons (Fsp3) is 0.378. The number of esters is 1. The molecule has 1 aliphatic heterocycles. The van der Waals surface area contributed by atoms with Gasteiger partial charge in [-0.25, -0.2) is 0 Å². The minimum Gasteiger partial charge on any atom is -0.463 e. The standard InChI is InChI=1S/C37H44N2O6/c40-22-21-39(25-30-15-7-2-8-16-30)35(41)24-32-19-11-4-12-20-33(23-29-13-5-1-6-14-29)37(43)45-28-34(38-36(32)42)27-44-26-31-17-9-3-10-18-31/h1-11,13-18,32-34,40H,12,19-28H2,(H,38,42)/t32-,33-,34+/m1/s1. The van der Waals surface area contributed by atoms with Gasteiger partial charge in [-0.05, 0) is 42.4 Å². The number of nitrogens with zero attached hydrogens (tertiary/aromatic N) is 1. The number of carbonyl (C=O) groups excluding carboxylic acids is 3. The van der Waals surface area contributed by atoms with Gasteiger partial charge in [-0.2, -0.15) is 0 Å². The molecular formula is C37H44N2O6. The SMILES string of the molecule is O=C1N[C@@H](COCc2ccccc2)COC(=O)[C@@H](Cc2ccccc2)CCC=CC[C@@H]1CC(=O)N(CCO)Cc1ccccc1. The van der Waals surface area contributed by atoms with Crippen LogP contribution in [-0.4, -0.2) is 60.2 Å². The number of benzene rings is 3. The average Bonchev–Trinajstić information content (AvgIpc) is 3.07. The van der Waals surface area contributed by atoms with Crippen LogP contribution in [0.1, 0.15) is 42.4 Å². The van der Waals surface area contributed by atoms with Gasteiger partial charge in [0, 0.05) is 19.5 Å². The summed E-state index contributed by atoms with van der Waals surface area (Å²) in [5.74, 6) is -1.79. The normalized spacial score (nSPS) is 19.4. The minimum atomic E-state index is -0.640. The molecule has 0 spiro atoms. The third-order valence-electron chi connectivity index (χ3n) is 7.86. The van der Waals surface area contributed by atoms with Gasteiger partial charge < -0.3 is 24.8 Å². The van der Waals surface area contributed by atoms with Crippen molar-refractivity contribution in [1.29, 1.82) is 0 Å². The second-order valence-corrected chi connectivity index (χ2v) is 11.4. The lowest BCUT2D eigenvalue weighted by Gasteiger charge is -2.26. The third-order valence-corrected chi connectivity index (χ3v) is 7.86. The number of aliphatic hydroxyl groups excluding tert-OH is 1. The second kappa shape index (κ2) is 18.5. The first kappa shape index (κ1) is 33.6. The van der Waals surface area contributed by atoms with Gasteiger partial charge in [0.1, 0.15) is 6.61 Å². The summed E-state index contributed by atoms with van der Waals surface area (Å²) >= 11 is 0. The van der Waals surface area contributed by atoms with Crippen LogP contribution in [-0.2, 0) is 43.4 Å². The Hall–Kier alpha value is -4.27. The molecule has 8 heteroatoms. The van der Waals surface area contributed by atoms with Gasteiger partial charge in [0.25, 0.3) is 0 Å². The maximum atomic E-state index is 13.7. The summed E-state index contributed by atoms with van der Waals surface area (Å²) in [6, 6.07) is 28.6. The number of rotatable bonds is 12. The fourth-order valence-corrected chi connectivity index (χ4v) is 5.36. The first-order valence-corrected chi connectivity index (χ1v) is 15.7. The van der Waals surface area contributed by atoms with Crippen molar-refractivity contribution in [3.8, 4) is 0 Å². The van der Waals surface area contributed by atoms with Gasteiger partial charge in [-0.1, -0.05) is 103 Å². The summed E-state index contributed by atoms with van der Waals surface area (Å²) in [5, 5.41) is 12.7. The number of carbonyl (C=O) groups is 3. The Bertz CT molecular complexity index is 1350. The molecule has 238 valence electrons. The van der Waals surface area contributed by atoms with Crippen LogP contribution in [0.15, 0.2) is 103 Å². The van der Waals surface area contributed by atoms with Gasteiger partial charge in [0.2, 0.25) is 11.8 Å². The first-order chi connectivity index (χ1) is 22.0. The summed E-state index contributed by atoms with van der Waals surface area (Å²) in [4.78, 5) is 42.0. The smallest absolute Gasteiger partial charge is 0.309 e. The van der Waals surface area contributed by atoms with Crippen LogP contribution >= 0.6 is 0 Å². The van der Waals surface area contributed by atoms with Crippen LogP contribution in [0.25, 0.3) is 0 Å². The van der Waals surface area contributed by atoms with E-state index in [2.05, 4.69) is 5.32 Å². The van der Waals surface area contributed by atoms with Crippen LogP contribution in [0.2, 0.25) is 0 Å². The molecule has 3 aromatic carbocycles. The van der Waals surface area contributed by atoms with Crippen LogP contribution in [0.5, 0.6) is 0 Å². The van der Waals surface area contributed by atoms with Gasteiger partial charge in [0.05, 0.1) is 37.7 Å². The average molecular weight is 613 g/mol. The molecule has 0 unspecified atom stereocenters. The molecule has 8 nitrogen and oxygen atoms in total. The molecule has 3 aromatic rings. The van der Waals surface area contributed by atoms with Crippen molar-refractivity contribution in [3.63, 3.8) is 0 Å². The van der Waals surface area contributed by atoms with Gasteiger partial charge >= 0.3 is 5.97 Å². The minimum absolute atomic E-state index is 0.0168. The topological polar surface area (TPSA) is 105 Å². The van der Waals surface area contributed by atoms with Crippen LogP contribution in [0, 0.1) is 11.8 Å². The summed E-state index contributed by atoms with van der Waals surface area (Å²) < 4.78 is 11.7. The molecule has 2 amide bonds. The Morgan fingerprint density at radius 1 is 0.867 bits per heavy atom. The lowest BCUT2D eigenvalue weighted by atomic mass is 9.94. The maximum absolute atomic E-state index is 13.7. The lowest BCUT2D eigenvalue weighted by Crippen LogP contribution is -2.46. The van der Waals surface area contributed by atoms with Crippen LogP contribution < -0.4 is 5.32 Å². The predicted molar refractivity (Wildman–Crippen MR) is 173 cm³/mol. The highest BCUT2D eigenvalue weighted by Crippen LogP contribution is 2.20. The molecule has 1 aliphatic rings. The molecular weight excluding hydrogens is 568 g/mol.